The predicted molar refractivity (Wildman–Crippen MR) is 103 cm³/mol. The van der Waals surface area contributed by atoms with Gasteiger partial charge in [-0.2, -0.15) is 0 Å². The van der Waals surface area contributed by atoms with Crippen LogP contribution in [-0.4, -0.2) is 66.0 Å². The molecule has 2 amide bonds. The number of halogens is 2. The Morgan fingerprint density at radius 2 is 1.92 bits per heavy atom. The number of carbonyl (C=O) groups is 2. The van der Waals surface area contributed by atoms with E-state index in [-0.39, 0.29) is 49.7 Å². The third-order valence-corrected chi connectivity index (χ3v) is 4.68. The normalized spacial score (nSPS) is 13.8. The van der Waals surface area contributed by atoms with Crippen LogP contribution in [-0.2, 0) is 9.59 Å². The van der Waals surface area contributed by atoms with Crippen molar-refractivity contribution in [3.63, 3.8) is 0 Å². The number of nitrogens with two attached hydrogens (primary N) is 1. The van der Waals surface area contributed by atoms with Crippen molar-refractivity contribution in [2.24, 2.45) is 5.73 Å². The molecule has 2 aromatic rings. The summed E-state index contributed by atoms with van der Waals surface area (Å²) in [6, 6.07) is 1.98. The highest BCUT2D eigenvalue weighted by atomic mass is 35.5. The molecule has 8 nitrogen and oxygen atoms in total. The fourth-order valence-electron chi connectivity index (χ4n) is 2.53. The van der Waals surface area contributed by atoms with Crippen molar-refractivity contribution in [3.05, 3.63) is 17.8 Å². The smallest absolute Gasteiger partial charge is 0.242 e. The Labute approximate surface area is 161 Å². The first-order valence-corrected chi connectivity index (χ1v) is 8.24. The summed E-state index contributed by atoms with van der Waals surface area (Å²) in [5.74, 6) is 0.516. The quantitative estimate of drug-likeness (QED) is 0.754. The first-order chi connectivity index (χ1) is 11.2. The SMILES string of the molecule is Cl.Cl.NCC(=O)NCC(=O)N1CCN(c2ncnc3ccsc23)CC1. The number of nitrogens with one attached hydrogen (secondary N) is 1. The molecule has 3 heterocycles. The molecular formula is C14H20Cl2N6O2S. The van der Waals surface area contributed by atoms with Gasteiger partial charge in [-0.25, -0.2) is 9.97 Å². The summed E-state index contributed by atoms with van der Waals surface area (Å²) in [5, 5.41) is 4.51. The van der Waals surface area contributed by atoms with Crippen molar-refractivity contribution in [1.82, 2.24) is 20.2 Å². The van der Waals surface area contributed by atoms with Crippen molar-refractivity contribution in [1.29, 1.82) is 0 Å². The molecule has 3 rings (SSSR count). The molecule has 0 atom stereocenters. The van der Waals surface area contributed by atoms with Crippen LogP contribution < -0.4 is 16.0 Å². The van der Waals surface area contributed by atoms with Gasteiger partial charge in [0, 0.05) is 26.2 Å². The molecule has 3 N–H and O–H groups in total. The van der Waals surface area contributed by atoms with Crippen molar-refractivity contribution in [3.8, 4) is 0 Å². The van der Waals surface area contributed by atoms with Gasteiger partial charge in [0.25, 0.3) is 0 Å². The number of aromatic nitrogens is 2. The van der Waals surface area contributed by atoms with E-state index in [9.17, 15) is 9.59 Å². The van der Waals surface area contributed by atoms with Crippen LogP contribution in [0.3, 0.4) is 0 Å². The second-order valence-electron chi connectivity index (χ2n) is 5.18. The minimum absolute atomic E-state index is 0. The lowest BCUT2D eigenvalue weighted by Crippen LogP contribution is -2.51. The first-order valence-electron chi connectivity index (χ1n) is 7.36. The van der Waals surface area contributed by atoms with E-state index in [1.165, 1.54) is 0 Å². The summed E-state index contributed by atoms with van der Waals surface area (Å²) >= 11 is 1.62. The van der Waals surface area contributed by atoms with E-state index in [1.54, 1.807) is 22.6 Å². The van der Waals surface area contributed by atoms with E-state index in [0.29, 0.717) is 26.2 Å². The number of thiophene rings is 1. The van der Waals surface area contributed by atoms with Crippen LogP contribution in [0.15, 0.2) is 17.8 Å². The van der Waals surface area contributed by atoms with Gasteiger partial charge in [0.05, 0.1) is 23.3 Å². The average Bonchev–Trinajstić information content (AvgIpc) is 3.08. The number of piperazine rings is 1. The molecule has 2 aromatic heterocycles. The molecule has 1 fully saturated rings. The van der Waals surface area contributed by atoms with Crippen LogP contribution in [0.5, 0.6) is 0 Å². The van der Waals surface area contributed by atoms with Crippen LogP contribution in [0.4, 0.5) is 5.82 Å². The molecule has 0 spiro atoms. The third-order valence-electron chi connectivity index (χ3n) is 3.78. The number of fused-ring (bicyclic) bond motifs is 1. The Bertz CT molecular complexity index is 720. The van der Waals surface area contributed by atoms with E-state index in [0.717, 1.165) is 16.0 Å². The first kappa shape index (κ1) is 21.4. The van der Waals surface area contributed by atoms with Crippen LogP contribution in [0, 0.1) is 0 Å². The second-order valence-corrected chi connectivity index (χ2v) is 6.10. The summed E-state index contributed by atoms with van der Waals surface area (Å²) in [7, 11) is 0. The topological polar surface area (TPSA) is 104 Å². The Kier molecular flexibility index (Phi) is 8.30. The van der Waals surface area contributed by atoms with Crippen LogP contribution in [0.25, 0.3) is 10.2 Å². The third kappa shape index (κ3) is 4.91. The molecular weight excluding hydrogens is 387 g/mol. The molecule has 0 aromatic carbocycles. The second kappa shape index (κ2) is 9.71. The van der Waals surface area contributed by atoms with E-state index in [1.807, 2.05) is 11.4 Å². The number of nitrogens with zero attached hydrogens (tertiary/aromatic N) is 4. The summed E-state index contributed by atoms with van der Waals surface area (Å²) < 4.78 is 1.07. The number of anilines is 1. The molecule has 11 heteroatoms. The van der Waals surface area contributed by atoms with Crippen LogP contribution >= 0.6 is 36.2 Å². The molecule has 0 bridgehead atoms. The number of carbonyl (C=O) groups excluding carboxylic acids is 2. The summed E-state index contributed by atoms with van der Waals surface area (Å²) in [5.41, 5.74) is 6.15. The highest BCUT2D eigenvalue weighted by Crippen LogP contribution is 2.28. The number of hydrogen-bond donors (Lipinski definition) is 2. The number of hydrogen-bond acceptors (Lipinski definition) is 7. The minimum Gasteiger partial charge on any atom is -0.352 e. The highest BCUT2D eigenvalue weighted by Gasteiger charge is 2.23. The Morgan fingerprint density at radius 3 is 2.60 bits per heavy atom. The van der Waals surface area contributed by atoms with E-state index >= 15 is 0 Å². The zero-order chi connectivity index (χ0) is 16.2. The Balaban J connectivity index is 0.00000156. The van der Waals surface area contributed by atoms with Gasteiger partial charge < -0.3 is 20.9 Å². The molecule has 1 aliphatic rings. The van der Waals surface area contributed by atoms with E-state index in [4.69, 9.17) is 5.73 Å². The Morgan fingerprint density at radius 1 is 1.20 bits per heavy atom. The monoisotopic (exact) mass is 406 g/mol. The van der Waals surface area contributed by atoms with E-state index in [2.05, 4.69) is 20.2 Å². The van der Waals surface area contributed by atoms with Gasteiger partial charge in [0.15, 0.2) is 0 Å². The van der Waals surface area contributed by atoms with E-state index < -0.39 is 0 Å². The maximum Gasteiger partial charge on any atom is 0.242 e. The fourth-order valence-corrected chi connectivity index (χ4v) is 3.39. The number of amides is 2. The molecule has 1 saturated heterocycles. The van der Waals surface area contributed by atoms with Gasteiger partial charge in [0.1, 0.15) is 12.1 Å². The molecule has 25 heavy (non-hydrogen) atoms. The van der Waals surface area contributed by atoms with Crippen LogP contribution in [0.2, 0.25) is 0 Å². The summed E-state index contributed by atoms with van der Waals surface area (Å²) in [6.45, 7) is 2.52. The molecule has 0 radical (unpaired) electrons. The zero-order valence-corrected chi connectivity index (χ0v) is 15.8. The number of rotatable bonds is 4. The Hall–Kier alpha value is -1.68. The maximum atomic E-state index is 12.1. The molecule has 0 aliphatic carbocycles. The molecule has 138 valence electrons. The molecule has 1 aliphatic heterocycles. The van der Waals surface area contributed by atoms with Crippen molar-refractivity contribution in [2.45, 2.75) is 0 Å². The standard InChI is InChI=1S/C14H18N6O2S.2ClH/c15-7-11(21)16-8-12(22)19-2-4-20(5-3-19)14-13-10(1-6-23-13)17-9-18-14;;/h1,6,9H,2-5,7-8,15H2,(H,16,21);2*1H. The largest absolute Gasteiger partial charge is 0.352 e. The highest BCUT2D eigenvalue weighted by molar-refractivity contribution is 7.17. The molecule has 0 saturated carbocycles. The predicted octanol–water partition coefficient (Wildman–Crippen LogP) is 0.258. The summed E-state index contributed by atoms with van der Waals surface area (Å²) in [6.07, 6.45) is 1.57. The molecule has 0 unspecified atom stereocenters. The summed E-state index contributed by atoms with van der Waals surface area (Å²) in [4.78, 5) is 35.7. The van der Waals surface area contributed by atoms with Gasteiger partial charge in [0.2, 0.25) is 11.8 Å². The average molecular weight is 407 g/mol. The van der Waals surface area contributed by atoms with Crippen molar-refractivity contribution in [2.75, 3.05) is 44.2 Å². The van der Waals surface area contributed by atoms with Crippen molar-refractivity contribution < 1.29 is 9.59 Å². The lowest BCUT2D eigenvalue weighted by molar-refractivity contribution is -0.132. The van der Waals surface area contributed by atoms with Gasteiger partial charge in [-0.15, -0.1) is 36.2 Å². The van der Waals surface area contributed by atoms with Crippen molar-refractivity contribution >= 4 is 64.0 Å². The fraction of sp³-hybridized carbons (Fsp3) is 0.429. The van der Waals surface area contributed by atoms with Gasteiger partial charge in [-0.3, -0.25) is 9.59 Å². The van der Waals surface area contributed by atoms with Gasteiger partial charge in [-0.05, 0) is 11.4 Å². The lowest BCUT2D eigenvalue weighted by Gasteiger charge is -2.35. The zero-order valence-electron chi connectivity index (χ0n) is 13.4. The van der Waals surface area contributed by atoms with Crippen LogP contribution in [0.1, 0.15) is 0 Å². The maximum absolute atomic E-state index is 12.1. The van der Waals surface area contributed by atoms with Gasteiger partial charge >= 0.3 is 0 Å². The lowest BCUT2D eigenvalue weighted by atomic mass is 10.3. The van der Waals surface area contributed by atoms with Gasteiger partial charge in [-0.1, -0.05) is 0 Å². The minimum atomic E-state index is -0.321.